The number of nitrogens with one attached hydrogen (secondary N) is 10. The molecule has 0 aromatic rings. The van der Waals surface area contributed by atoms with E-state index in [1.807, 2.05) is 6.92 Å². The fourth-order valence-electron chi connectivity index (χ4n) is 7.28. The van der Waals surface area contributed by atoms with Gasteiger partial charge in [-0.05, 0) is 51.9 Å². The van der Waals surface area contributed by atoms with Crippen molar-refractivity contribution in [2.75, 3.05) is 13.1 Å². The number of unbranched alkanes of at least 4 members (excludes halogenated alkanes) is 4. The predicted octanol–water partition coefficient (Wildman–Crippen LogP) is 7.28. The molecule has 2 radical (unpaired) electrons. The Kier molecular flexibility index (Phi) is 174. The average Bonchev–Trinajstić information content (AvgIpc) is 0.900. The van der Waals surface area contributed by atoms with Gasteiger partial charge in [-0.2, -0.15) is 12.8 Å². The van der Waals surface area contributed by atoms with Crippen molar-refractivity contribution in [2.45, 2.75) is 389 Å². The second kappa shape index (κ2) is 104. The number of carbonyl (C=O) groups excluding carboxylic acids is 18. The molecular formula is C77H178N10O28Y2-2. The van der Waals surface area contributed by atoms with Gasteiger partial charge in [0.15, 0.2) is 0 Å². The van der Waals surface area contributed by atoms with Crippen molar-refractivity contribution in [1.82, 2.24) is 53.2 Å². The Morgan fingerprint density at radius 1 is 0.256 bits per heavy atom. The molecule has 38 nitrogen and oxygen atoms in total. The van der Waals surface area contributed by atoms with Crippen LogP contribution in [-0.2, 0) is 152 Å². The SMILES string of the molecule is C.C.C.C.C.C.C.C.C.C.C.C.C.C.C.C.C.C.C.C.C.C.C.C.CC(=O)CC(=O)CCCC(=O)CC(=O)NC(O)(O)NC(=O)CC(=O)CCCCNC(O)(O)NC(=O)CC(=O)CCCC(=O)CC(=O)NC(O)(O)NC(=O)CC(=O)CCCCNC(O)(O)NC(=O)CC(=O)CCC[C-]=O.CCCCC(=O)CC(=O)NC(O)(O)N[C-]=O.[Y].[Y]. The molecule has 0 aliphatic heterocycles. The molecule has 0 rings (SSSR count). The van der Waals surface area contributed by atoms with Crippen molar-refractivity contribution in [3.05, 3.63) is 0 Å². The molecule has 8 amide bonds. The number of carbonyl (C=O) groups is 16. The van der Waals surface area contributed by atoms with Crippen LogP contribution in [0.5, 0.6) is 0 Å². The summed E-state index contributed by atoms with van der Waals surface area (Å²) in [6.07, 6.45) is -2.87. The molecule has 0 aliphatic rings. The second-order valence-electron chi connectivity index (χ2n) is 20.4. The van der Waals surface area contributed by atoms with Gasteiger partial charge in [-0.3, -0.25) is 120 Å². The number of rotatable bonds is 52. The predicted molar refractivity (Wildman–Crippen MR) is 461 cm³/mol. The van der Waals surface area contributed by atoms with E-state index < -0.39 is 164 Å². The van der Waals surface area contributed by atoms with Crippen molar-refractivity contribution in [3.63, 3.8) is 0 Å². The topological polar surface area (TPSA) is 630 Å². The zero-order valence-corrected chi connectivity index (χ0v) is 57.0. The molecule has 0 bridgehead atoms. The molecule has 0 aromatic carbocycles. The van der Waals surface area contributed by atoms with E-state index in [0.717, 1.165) is 12.8 Å². The molecule has 0 spiro atoms. The van der Waals surface area contributed by atoms with E-state index in [0.29, 0.717) is 6.42 Å². The summed E-state index contributed by atoms with van der Waals surface area (Å²) in [5, 5.41) is 114. The monoisotopic (exact) mass is 1870 g/mol. The van der Waals surface area contributed by atoms with Crippen LogP contribution in [0.1, 0.15) is 359 Å². The molecular weight excluding hydrogens is 1690 g/mol. The first kappa shape index (κ1) is 195. The summed E-state index contributed by atoms with van der Waals surface area (Å²) in [4.78, 5) is 210. The number of amides is 8. The summed E-state index contributed by atoms with van der Waals surface area (Å²) < 4.78 is 0. The van der Waals surface area contributed by atoms with Crippen molar-refractivity contribution in [2.24, 2.45) is 0 Å². The summed E-state index contributed by atoms with van der Waals surface area (Å²) in [6, 6.07) is -15.5. The molecule has 117 heavy (non-hydrogen) atoms. The Balaban J connectivity index is -0.0000000654. The van der Waals surface area contributed by atoms with Crippen LogP contribution < -0.4 is 53.2 Å². The largest absolute Gasteiger partial charge is 0.542 e. The molecule has 0 unspecified atom stereocenters. The van der Waals surface area contributed by atoms with Gasteiger partial charge < -0.3 is 66.0 Å². The van der Waals surface area contributed by atoms with Gasteiger partial charge in [-0.15, -0.1) is 0 Å². The molecule has 20 N–H and O–H groups in total. The zero-order chi connectivity index (χ0) is 70.0. The third kappa shape index (κ3) is 119. The van der Waals surface area contributed by atoms with E-state index in [4.69, 9.17) is 10.2 Å². The maximum atomic E-state index is 12.2. The first-order chi connectivity index (χ1) is 42.1. The van der Waals surface area contributed by atoms with E-state index in [-0.39, 0.29) is 370 Å². The second-order valence-corrected chi connectivity index (χ2v) is 20.4. The third-order valence-corrected chi connectivity index (χ3v) is 11.2. The molecule has 0 fully saturated rings. The van der Waals surface area contributed by atoms with Crippen LogP contribution in [0.4, 0.5) is 0 Å². The average molecular weight is 1870 g/mol. The maximum Gasteiger partial charge on any atom is 0.337 e. The summed E-state index contributed by atoms with van der Waals surface area (Å²) >= 11 is 0. The summed E-state index contributed by atoms with van der Waals surface area (Å²) in [7, 11) is 0. The number of hydrogen-bond acceptors (Lipinski definition) is 30. The van der Waals surface area contributed by atoms with Crippen LogP contribution in [-0.4, -0.2) is 200 Å². The van der Waals surface area contributed by atoms with Gasteiger partial charge in [0.1, 0.15) is 52.0 Å². The Morgan fingerprint density at radius 2 is 0.444 bits per heavy atom. The summed E-state index contributed by atoms with van der Waals surface area (Å²) in [5.41, 5.74) is 0. The van der Waals surface area contributed by atoms with Crippen molar-refractivity contribution in [3.8, 4) is 0 Å². The normalized spacial score (nSPS) is 8.89. The first-order valence-electron chi connectivity index (χ1n) is 28.2. The Bertz CT molecular complexity index is 2580. The van der Waals surface area contributed by atoms with Crippen LogP contribution in [0, 0.1) is 0 Å². The third-order valence-electron chi connectivity index (χ3n) is 11.2. The smallest absolute Gasteiger partial charge is 0.337 e. The number of aliphatic hydroxyl groups is 10. The molecule has 0 atom stereocenters. The standard InChI is InChI=1S/C44H67N8O23.C9H15N2O5.24CH4.2Y/c1-27(54)20-28(55)13-8-14-33(60)25-39(66)51-43(72,73)49-37(64)22-30(57)11-3-6-18-46-42(70,71)48-36(63)24-32(59)15-9-16-34(61)26-40(67)52-44(74,75)50-38(65)23-29(56)10-2-5-17-45-41(68,69)47-35(62)21-31(58)12-4-7-19-53;1-2-3-4-7(13)5-8(14)11-9(15,16)10-6-12;;;;;;;;;;;;;;;;;;;;;;;;;;/h45-46,68-75H,2-18,20-26H2,1H3,(H,47,62)(H,48,63)(H,49,64)(H,50,65)(H,51,66)(H,52,67);15-16H,2-5H2,1H3,(H,10,12)(H,11,14);24*1H4;;/q2*-1;;;;;;;;;;;;;;;;;;;;;;;;;;. The fraction of sp³-hybridized carbons (Fsp3) is 0.766. The molecule has 0 saturated heterocycles. The molecule has 0 heterocycles. The summed E-state index contributed by atoms with van der Waals surface area (Å²) in [6.45, 7) is 2.73. The maximum absolute atomic E-state index is 12.2. The Labute approximate surface area is 759 Å². The zero-order valence-electron chi connectivity index (χ0n) is 51.3. The molecule has 712 valence electrons. The first-order valence-corrected chi connectivity index (χ1v) is 28.2. The number of Topliss-reactive ketones (excluding diaryl/α,β-unsaturated/α-hetero) is 9. The van der Waals surface area contributed by atoms with E-state index >= 15 is 0 Å². The van der Waals surface area contributed by atoms with Crippen LogP contribution >= 0.6 is 0 Å². The van der Waals surface area contributed by atoms with E-state index in [9.17, 15) is 127 Å². The van der Waals surface area contributed by atoms with Gasteiger partial charge in [0.2, 0.25) is 41.4 Å². The van der Waals surface area contributed by atoms with Crippen molar-refractivity contribution in [1.29, 1.82) is 0 Å². The van der Waals surface area contributed by atoms with Crippen LogP contribution in [0.3, 0.4) is 0 Å². The molecule has 40 heteroatoms. The van der Waals surface area contributed by atoms with Gasteiger partial charge >= 0.3 is 30.2 Å². The Hall–Kier alpha value is -5.81. The van der Waals surface area contributed by atoms with Crippen LogP contribution in [0.15, 0.2) is 0 Å². The Morgan fingerprint density at radius 3 is 0.650 bits per heavy atom. The minimum atomic E-state index is -3.40. The molecule has 0 aromatic heterocycles. The van der Waals surface area contributed by atoms with E-state index in [2.05, 4.69) is 10.6 Å². The number of hydrogen-bond donors (Lipinski definition) is 20. The van der Waals surface area contributed by atoms with Gasteiger partial charge in [0.25, 0.3) is 0 Å². The molecule has 0 aliphatic carbocycles. The van der Waals surface area contributed by atoms with E-state index in [1.165, 1.54) is 12.2 Å². The van der Waals surface area contributed by atoms with Crippen molar-refractivity contribution < 1.29 is 203 Å². The van der Waals surface area contributed by atoms with Gasteiger partial charge in [0, 0.05) is 130 Å². The fourth-order valence-corrected chi connectivity index (χ4v) is 7.28. The quantitative estimate of drug-likeness (QED) is 0.00935. The molecule has 0 saturated carbocycles. The van der Waals surface area contributed by atoms with Crippen LogP contribution in [0.2, 0.25) is 0 Å². The van der Waals surface area contributed by atoms with Gasteiger partial charge in [-0.25, -0.2) is 10.6 Å². The minimum absolute atomic E-state index is 0. The van der Waals surface area contributed by atoms with E-state index in [1.54, 1.807) is 43.5 Å². The van der Waals surface area contributed by atoms with Gasteiger partial charge in [-0.1, -0.05) is 198 Å². The minimum Gasteiger partial charge on any atom is -0.542 e. The number of ketones is 9. The summed E-state index contributed by atoms with van der Waals surface area (Å²) in [5.74, 6) is -13.3. The van der Waals surface area contributed by atoms with Crippen LogP contribution in [0.25, 0.3) is 0 Å². The van der Waals surface area contributed by atoms with Crippen molar-refractivity contribution >= 4 is 106 Å². The van der Waals surface area contributed by atoms with Gasteiger partial charge in [0.05, 0.1) is 51.4 Å².